The van der Waals surface area contributed by atoms with Crippen molar-refractivity contribution in [2.45, 2.75) is 109 Å². The molecule has 0 radical (unpaired) electrons. The summed E-state index contributed by atoms with van der Waals surface area (Å²) in [4.78, 5) is 98.2. The molecule has 0 aliphatic carbocycles. The van der Waals surface area contributed by atoms with Crippen molar-refractivity contribution in [2.75, 3.05) is 13.1 Å². The molecule has 0 aliphatic heterocycles. The SMILES string of the molecule is CC(=O)O.CC(=O)O.CC(C)[C@H](NC(=O)[C@H](CCC(=O)O)NC(=O)[C@H](CCCCN)NC(=O)[C@@H](N)CCCN=C(N)N)C(=O)N[C@@H](Cc1ccc(O)cc1)C(=O)O. The lowest BCUT2D eigenvalue weighted by Crippen LogP contribution is -2.59. The zero-order valence-electron chi connectivity index (χ0n) is 32.6. The van der Waals surface area contributed by atoms with E-state index in [1.807, 2.05) is 0 Å². The number of nitrogens with two attached hydrogens (primary N) is 4. The fourth-order valence-corrected chi connectivity index (χ4v) is 4.62. The van der Waals surface area contributed by atoms with Crippen molar-refractivity contribution >= 4 is 53.5 Å². The number of carboxylic acid groups (broad SMARTS) is 4. The predicted molar refractivity (Wildman–Crippen MR) is 206 cm³/mol. The molecule has 0 heterocycles. The first-order chi connectivity index (χ1) is 26.5. The number of phenols is 1. The molecule has 5 atom stereocenters. The van der Waals surface area contributed by atoms with Crippen molar-refractivity contribution in [1.82, 2.24) is 21.3 Å². The molecule has 17 N–H and O–H groups in total. The number of hydrogen-bond acceptors (Lipinski definition) is 12. The van der Waals surface area contributed by atoms with E-state index >= 15 is 0 Å². The van der Waals surface area contributed by atoms with Gasteiger partial charge in [-0.2, -0.15) is 0 Å². The van der Waals surface area contributed by atoms with Crippen LogP contribution >= 0.6 is 0 Å². The number of unbranched alkanes of at least 4 members (excludes halogenated alkanes) is 1. The summed E-state index contributed by atoms with van der Waals surface area (Å²) in [5.74, 6) is -8.06. The average Bonchev–Trinajstić information content (AvgIpc) is 3.09. The summed E-state index contributed by atoms with van der Waals surface area (Å²) in [6.07, 6.45) is 0.711. The topological polar surface area (TPSA) is 402 Å². The minimum absolute atomic E-state index is 0.0179. The molecule has 22 nitrogen and oxygen atoms in total. The maximum Gasteiger partial charge on any atom is 0.326 e. The summed E-state index contributed by atoms with van der Waals surface area (Å²) in [6.45, 7) is 5.95. The van der Waals surface area contributed by atoms with Crippen molar-refractivity contribution in [3.63, 3.8) is 0 Å². The van der Waals surface area contributed by atoms with E-state index in [0.717, 1.165) is 13.8 Å². The van der Waals surface area contributed by atoms with Gasteiger partial charge in [0, 0.05) is 33.2 Å². The fourth-order valence-electron chi connectivity index (χ4n) is 4.62. The zero-order chi connectivity index (χ0) is 44.2. The second-order valence-corrected chi connectivity index (χ2v) is 12.9. The van der Waals surface area contributed by atoms with Gasteiger partial charge in [-0.05, 0) is 68.7 Å². The number of carbonyl (C=O) groups is 8. The quantitative estimate of drug-likeness (QED) is 0.0328. The first-order valence-electron chi connectivity index (χ1n) is 17.9. The highest BCUT2D eigenvalue weighted by atomic mass is 16.4. The zero-order valence-corrected chi connectivity index (χ0v) is 32.6. The summed E-state index contributed by atoms with van der Waals surface area (Å²) < 4.78 is 0. The highest BCUT2D eigenvalue weighted by Gasteiger charge is 2.33. The van der Waals surface area contributed by atoms with Crippen LogP contribution in [0.5, 0.6) is 5.75 Å². The van der Waals surface area contributed by atoms with Crippen LogP contribution in [0.15, 0.2) is 29.3 Å². The normalized spacial score (nSPS) is 12.9. The lowest BCUT2D eigenvalue weighted by Gasteiger charge is -2.28. The number of nitrogens with zero attached hydrogens (tertiary/aromatic N) is 1. The lowest BCUT2D eigenvalue weighted by atomic mass is 10.00. The number of carbonyl (C=O) groups excluding carboxylic acids is 4. The van der Waals surface area contributed by atoms with Gasteiger partial charge in [0.05, 0.1) is 6.04 Å². The molecule has 1 aromatic carbocycles. The number of rotatable bonds is 23. The molecule has 0 spiro atoms. The van der Waals surface area contributed by atoms with Crippen LogP contribution in [0, 0.1) is 5.92 Å². The monoisotopic (exact) mass is 813 g/mol. The van der Waals surface area contributed by atoms with Crippen molar-refractivity contribution in [2.24, 2.45) is 33.8 Å². The molecular weight excluding hydrogens is 754 g/mol. The number of aromatic hydroxyl groups is 1. The van der Waals surface area contributed by atoms with Crippen LogP contribution in [0.3, 0.4) is 0 Å². The van der Waals surface area contributed by atoms with E-state index in [4.69, 9.17) is 42.7 Å². The van der Waals surface area contributed by atoms with Gasteiger partial charge in [0.2, 0.25) is 23.6 Å². The minimum atomic E-state index is -1.44. The molecular formula is C35H59N9O13. The number of aliphatic imine (C=N–C) groups is 1. The smallest absolute Gasteiger partial charge is 0.326 e. The molecule has 57 heavy (non-hydrogen) atoms. The van der Waals surface area contributed by atoms with Gasteiger partial charge in [-0.1, -0.05) is 26.0 Å². The van der Waals surface area contributed by atoms with Crippen molar-refractivity contribution in [3.8, 4) is 5.75 Å². The van der Waals surface area contributed by atoms with Crippen LogP contribution in [0.2, 0.25) is 0 Å². The van der Waals surface area contributed by atoms with E-state index < -0.39 is 90.1 Å². The van der Waals surface area contributed by atoms with Crippen LogP contribution in [-0.2, 0) is 44.8 Å². The molecule has 0 saturated carbocycles. The third-order valence-corrected chi connectivity index (χ3v) is 7.40. The van der Waals surface area contributed by atoms with Gasteiger partial charge in [0.15, 0.2) is 5.96 Å². The lowest BCUT2D eigenvalue weighted by molar-refractivity contribution is -0.142. The number of amides is 4. The van der Waals surface area contributed by atoms with Crippen LogP contribution in [0.25, 0.3) is 0 Å². The van der Waals surface area contributed by atoms with Gasteiger partial charge in [-0.25, -0.2) is 4.79 Å². The molecule has 22 heteroatoms. The Morgan fingerprint density at radius 3 is 1.65 bits per heavy atom. The van der Waals surface area contributed by atoms with Gasteiger partial charge >= 0.3 is 11.9 Å². The van der Waals surface area contributed by atoms with Crippen LogP contribution in [0.1, 0.15) is 78.2 Å². The first kappa shape index (κ1) is 53.1. The van der Waals surface area contributed by atoms with Crippen LogP contribution < -0.4 is 44.2 Å². The Kier molecular flexibility index (Phi) is 27.3. The Bertz CT molecular complexity index is 1470. The molecule has 0 bridgehead atoms. The van der Waals surface area contributed by atoms with E-state index in [0.29, 0.717) is 31.4 Å². The van der Waals surface area contributed by atoms with Crippen LogP contribution in [-0.4, -0.2) is 122 Å². The number of benzene rings is 1. The third-order valence-electron chi connectivity index (χ3n) is 7.40. The Balaban J connectivity index is 0. The van der Waals surface area contributed by atoms with Gasteiger partial charge in [-0.15, -0.1) is 0 Å². The maximum absolute atomic E-state index is 13.5. The Labute approximate surface area is 330 Å². The second-order valence-electron chi connectivity index (χ2n) is 12.9. The Morgan fingerprint density at radius 2 is 1.18 bits per heavy atom. The van der Waals surface area contributed by atoms with E-state index in [-0.39, 0.29) is 43.9 Å². The largest absolute Gasteiger partial charge is 0.508 e. The number of aliphatic carboxylic acids is 4. The molecule has 1 rings (SSSR count). The summed E-state index contributed by atoms with van der Waals surface area (Å²) in [6, 6.07) is -0.484. The summed E-state index contributed by atoms with van der Waals surface area (Å²) in [5.41, 5.74) is 22.7. The Morgan fingerprint density at radius 1 is 0.684 bits per heavy atom. The van der Waals surface area contributed by atoms with E-state index in [9.17, 15) is 44.1 Å². The summed E-state index contributed by atoms with van der Waals surface area (Å²) >= 11 is 0. The highest BCUT2D eigenvalue weighted by molar-refractivity contribution is 5.95. The number of hydrogen-bond donors (Lipinski definition) is 13. The summed E-state index contributed by atoms with van der Waals surface area (Å²) in [7, 11) is 0. The second kappa shape index (κ2) is 29.3. The van der Waals surface area contributed by atoms with Gasteiger partial charge in [-0.3, -0.25) is 38.6 Å². The third kappa shape index (κ3) is 27.2. The maximum atomic E-state index is 13.5. The van der Waals surface area contributed by atoms with E-state index in [1.165, 1.54) is 24.3 Å². The van der Waals surface area contributed by atoms with Gasteiger partial charge in [0.1, 0.15) is 29.9 Å². The molecule has 0 saturated heterocycles. The molecule has 0 unspecified atom stereocenters. The van der Waals surface area contributed by atoms with Gasteiger partial charge < -0.3 is 69.7 Å². The van der Waals surface area contributed by atoms with Crippen molar-refractivity contribution < 1.29 is 63.9 Å². The molecule has 4 amide bonds. The minimum Gasteiger partial charge on any atom is -0.508 e. The average molecular weight is 814 g/mol. The standard InChI is InChI=1S/C31H51N9O9.2C2H4O2/c1-17(2)25(29(47)39-23(30(48)49)16-18-8-10-19(41)11-9-18)40-28(46)22(12-13-24(42)43)38-27(45)21(7-3-4-14-32)37-26(44)20(33)6-5-15-36-31(34)35;2*1-2(3)4/h8-11,17,20-23,25,41H,3-7,12-16,32-33H2,1-2H3,(H,37,44)(H,38,45)(H,39,47)(H,40,46)(H,42,43)(H,48,49)(H4,34,35,36);2*1H3,(H,3,4)/t20-,21-,22-,23-,25-;;/m0../s1. The first-order valence-corrected chi connectivity index (χ1v) is 17.9. The molecule has 0 aliphatic rings. The Hall–Kier alpha value is -6.03. The highest BCUT2D eigenvalue weighted by Crippen LogP contribution is 2.13. The molecule has 0 fully saturated rings. The molecule has 0 aromatic heterocycles. The number of nitrogens with one attached hydrogen (secondary N) is 4. The fraction of sp³-hybridized carbons (Fsp3) is 0.571. The van der Waals surface area contributed by atoms with E-state index in [1.54, 1.807) is 13.8 Å². The number of carboxylic acids is 4. The van der Waals surface area contributed by atoms with Gasteiger partial charge in [0.25, 0.3) is 11.9 Å². The number of guanidine groups is 1. The van der Waals surface area contributed by atoms with Crippen molar-refractivity contribution in [3.05, 3.63) is 29.8 Å². The molecule has 322 valence electrons. The predicted octanol–water partition coefficient (Wildman–Crippen LogP) is -1.83. The number of phenolic OH excluding ortho intramolecular Hbond substituents is 1. The summed E-state index contributed by atoms with van der Waals surface area (Å²) in [5, 5.41) is 53.4. The van der Waals surface area contributed by atoms with Crippen LogP contribution in [0.4, 0.5) is 0 Å². The molecule has 1 aromatic rings. The van der Waals surface area contributed by atoms with E-state index in [2.05, 4.69) is 26.3 Å². The van der Waals surface area contributed by atoms with Crippen molar-refractivity contribution in [1.29, 1.82) is 0 Å².